The molecule has 0 bridgehead atoms. The van der Waals surface area contributed by atoms with E-state index >= 15 is 0 Å². The fourth-order valence-corrected chi connectivity index (χ4v) is 7.90. The molecule has 6 aromatic carbocycles. The molecular weight excluding hydrogens is 993 g/mol. The largest absolute Gasteiger partial charge is 0.494 e. The Labute approximate surface area is 444 Å². The van der Waals surface area contributed by atoms with Crippen molar-refractivity contribution in [1.29, 1.82) is 0 Å². The molecule has 404 valence electrons. The Kier molecular flexibility index (Phi) is 21.8. The summed E-state index contributed by atoms with van der Waals surface area (Å²) in [5, 5.41) is 34.8. The lowest BCUT2D eigenvalue weighted by Gasteiger charge is -2.24. The van der Waals surface area contributed by atoms with E-state index in [9.17, 15) is 48.6 Å². The molecule has 0 aliphatic heterocycles. The number of benzene rings is 6. The van der Waals surface area contributed by atoms with E-state index in [4.69, 9.17) is 9.47 Å². The van der Waals surface area contributed by atoms with Crippen molar-refractivity contribution in [3.05, 3.63) is 156 Å². The number of carbonyl (C=O) groups excluding carboxylic acids is 6. The normalized spacial score (nSPS) is 11.0. The third-order valence-corrected chi connectivity index (χ3v) is 11.4. The maximum absolute atomic E-state index is 12.6. The number of hydrogen-bond donors (Lipinski definition) is 8. The Morgan fingerprint density at radius 2 is 0.766 bits per heavy atom. The van der Waals surface area contributed by atoms with Gasteiger partial charge in [-0.25, -0.2) is 9.59 Å². The number of methoxy groups -OCH3 is 2. The van der Waals surface area contributed by atoms with Gasteiger partial charge in [0.05, 0.1) is 61.9 Å². The van der Waals surface area contributed by atoms with Gasteiger partial charge in [-0.05, 0) is 96.8 Å². The summed E-state index contributed by atoms with van der Waals surface area (Å²) in [5.74, 6) is -2.66. The van der Waals surface area contributed by atoms with Gasteiger partial charge in [0.25, 0.3) is 0 Å². The van der Waals surface area contributed by atoms with Crippen LogP contribution < -0.4 is 51.2 Å². The van der Waals surface area contributed by atoms with Crippen LogP contribution in [0, 0.1) is 13.8 Å². The third-order valence-electron chi connectivity index (χ3n) is 11.4. The molecule has 10 N–H and O–H groups in total. The molecule has 0 aromatic heterocycles. The van der Waals surface area contributed by atoms with Crippen molar-refractivity contribution in [1.82, 2.24) is 10.6 Å². The second kappa shape index (κ2) is 28.1. The van der Waals surface area contributed by atoms with Crippen molar-refractivity contribution in [2.24, 2.45) is 0 Å². The van der Waals surface area contributed by atoms with E-state index in [-0.39, 0.29) is 41.9 Å². The molecule has 6 rings (SSSR count). The van der Waals surface area contributed by atoms with Crippen molar-refractivity contribution in [3.8, 4) is 11.5 Å². The number of urea groups is 2. The minimum absolute atomic E-state index is 0. The predicted molar refractivity (Wildman–Crippen MR) is 293 cm³/mol. The van der Waals surface area contributed by atoms with Crippen LogP contribution in [-0.4, -0.2) is 77.5 Å². The van der Waals surface area contributed by atoms with E-state index in [0.717, 1.165) is 11.1 Å². The number of ether oxygens (including phenoxy) is 2. The number of rotatable bonds is 18. The predicted octanol–water partition coefficient (Wildman–Crippen LogP) is 9.14. The zero-order valence-electron chi connectivity index (χ0n) is 43.6. The second-order valence-corrected chi connectivity index (χ2v) is 17.2. The number of amides is 8. The Morgan fingerprint density at radius 1 is 0.455 bits per heavy atom. The number of anilines is 8. The van der Waals surface area contributed by atoms with Crippen LogP contribution in [0.3, 0.4) is 0 Å². The molecule has 0 saturated heterocycles. The fourth-order valence-electron chi connectivity index (χ4n) is 7.90. The van der Waals surface area contributed by atoms with Gasteiger partial charge in [-0.2, -0.15) is 0 Å². The number of carboxylic acids is 2. The highest BCUT2D eigenvalue weighted by Crippen LogP contribution is 2.36. The van der Waals surface area contributed by atoms with E-state index in [1.165, 1.54) is 51.7 Å². The van der Waals surface area contributed by atoms with Crippen molar-refractivity contribution < 1.29 is 63.5 Å². The number of carbonyl (C=O) groups is 8. The number of nitrogens with zero attached hydrogens (tertiary/aromatic N) is 2. The van der Waals surface area contributed by atoms with Crippen molar-refractivity contribution in [2.75, 3.05) is 45.3 Å². The van der Waals surface area contributed by atoms with Crippen molar-refractivity contribution in [3.63, 3.8) is 0 Å². The molecule has 0 saturated carbocycles. The summed E-state index contributed by atoms with van der Waals surface area (Å²) < 4.78 is 10.9. The van der Waals surface area contributed by atoms with E-state index < -0.39 is 36.1 Å². The highest BCUT2D eigenvalue weighted by molar-refractivity contribution is 6.04. The van der Waals surface area contributed by atoms with Crippen LogP contribution in [0.15, 0.2) is 133 Å². The molecule has 0 radical (unpaired) electrons. The molecule has 0 fully saturated rings. The maximum atomic E-state index is 12.6. The highest BCUT2D eigenvalue weighted by Gasteiger charge is 2.23. The van der Waals surface area contributed by atoms with Gasteiger partial charge in [0.2, 0.25) is 23.6 Å². The first kappa shape index (κ1) is 59.8. The number of aliphatic carboxylic acids is 2. The van der Waals surface area contributed by atoms with Crippen LogP contribution in [0.2, 0.25) is 0 Å². The van der Waals surface area contributed by atoms with Crippen LogP contribution in [0.25, 0.3) is 0 Å². The van der Waals surface area contributed by atoms with Gasteiger partial charge in [-0.1, -0.05) is 60.7 Å². The first-order chi connectivity index (χ1) is 36.2. The molecule has 0 heterocycles. The van der Waals surface area contributed by atoms with Crippen LogP contribution in [0.5, 0.6) is 11.5 Å². The number of nitrogens with one attached hydrogen (secondary N) is 6. The van der Waals surface area contributed by atoms with Crippen LogP contribution in [-0.2, 0) is 28.8 Å². The molecule has 21 nitrogen and oxygen atoms in total. The van der Waals surface area contributed by atoms with Gasteiger partial charge in [0.15, 0.2) is 0 Å². The zero-order chi connectivity index (χ0) is 55.6. The van der Waals surface area contributed by atoms with Gasteiger partial charge >= 0.3 is 24.0 Å². The van der Waals surface area contributed by atoms with E-state index in [1.807, 2.05) is 50.2 Å². The molecule has 8 amide bonds. The van der Waals surface area contributed by atoms with Crippen molar-refractivity contribution >= 4 is 93.1 Å². The molecule has 77 heavy (non-hydrogen) atoms. The van der Waals surface area contributed by atoms with E-state index in [0.29, 0.717) is 68.1 Å². The Morgan fingerprint density at radius 3 is 1.05 bits per heavy atom. The number of para-hydroxylation sites is 2. The smallest absolute Gasteiger partial charge is 0.323 e. The van der Waals surface area contributed by atoms with Gasteiger partial charge in [0, 0.05) is 62.6 Å². The van der Waals surface area contributed by atoms with Gasteiger partial charge in [-0.3, -0.25) is 38.6 Å². The summed E-state index contributed by atoms with van der Waals surface area (Å²) in [6.45, 7) is 9.23. The summed E-state index contributed by atoms with van der Waals surface area (Å²) in [4.78, 5) is 98.8. The number of carboxylic acid groups (broad SMARTS) is 2. The standard InChI is InChI=1S/2C28H30N4O6.H2O/c2*1-17-7-5-6-8-23(17)30-28(37)31-24-14-13-22(15-26(24)38-4)32(19(3)34)21-11-9-20(10-12-21)25(16-27(35)36)29-18(2)33;/h2*5-15,25H,16H2,1-4H3,(H,29,33)(H,35,36)(H2,30,31,37);1H2. The molecule has 6 aromatic rings. The summed E-state index contributed by atoms with van der Waals surface area (Å²) in [6.07, 6.45) is -0.559. The van der Waals surface area contributed by atoms with Gasteiger partial charge < -0.3 is 57.1 Å². The van der Waals surface area contributed by atoms with Crippen molar-refractivity contribution in [2.45, 2.75) is 66.5 Å². The van der Waals surface area contributed by atoms with Crippen LogP contribution in [0.1, 0.15) is 74.9 Å². The van der Waals surface area contributed by atoms with Gasteiger partial charge in [0.1, 0.15) is 11.5 Å². The third kappa shape index (κ3) is 17.2. The minimum Gasteiger partial charge on any atom is -0.494 e. The maximum Gasteiger partial charge on any atom is 0.323 e. The number of aryl methyl sites for hydroxylation is 2. The summed E-state index contributed by atoms with van der Waals surface area (Å²) in [7, 11) is 2.92. The minimum atomic E-state index is -1.05. The molecule has 0 spiro atoms. The molecular formula is C56H62N8O13. The quantitative estimate of drug-likeness (QED) is 0.0400. The lowest BCUT2D eigenvalue weighted by Crippen LogP contribution is -2.28. The molecule has 2 unspecified atom stereocenters. The number of hydrogen-bond acceptors (Lipinski definition) is 10. The van der Waals surface area contributed by atoms with Crippen LogP contribution >= 0.6 is 0 Å². The average molecular weight is 1060 g/mol. The first-order valence-corrected chi connectivity index (χ1v) is 23.6. The SMILES string of the molecule is COc1cc(N(C(C)=O)c2ccc(C(CC(=O)O)NC(C)=O)cc2)ccc1NC(=O)Nc1ccccc1C.COc1cc(N(C(C)=O)c2ccc(C(CC(=O)O)NC(C)=O)cc2)ccc1NC(=O)Nc1ccccc1C.O. The molecule has 0 aliphatic rings. The Hall–Kier alpha value is -9.76. The van der Waals surface area contributed by atoms with Gasteiger partial charge in [-0.15, -0.1) is 0 Å². The highest BCUT2D eigenvalue weighted by atomic mass is 16.5. The molecule has 21 heteroatoms. The topological polar surface area (TPSA) is 306 Å². The Balaban J connectivity index is 0.000000328. The van der Waals surface area contributed by atoms with E-state index in [1.54, 1.807) is 97.1 Å². The van der Waals surface area contributed by atoms with E-state index in [2.05, 4.69) is 31.9 Å². The fraction of sp³-hybridized carbons (Fsp3) is 0.214. The summed E-state index contributed by atoms with van der Waals surface area (Å²) in [5.41, 5.74) is 7.23. The first-order valence-electron chi connectivity index (χ1n) is 23.6. The summed E-state index contributed by atoms with van der Waals surface area (Å²) >= 11 is 0. The lowest BCUT2D eigenvalue weighted by molar-refractivity contribution is -0.139. The average Bonchev–Trinajstić information content (AvgIpc) is 3.36. The molecule has 2 atom stereocenters. The zero-order valence-corrected chi connectivity index (χ0v) is 43.6. The Bertz CT molecular complexity index is 2860. The summed E-state index contributed by atoms with van der Waals surface area (Å²) in [6, 6.07) is 35.7. The molecule has 0 aliphatic carbocycles. The van der Waals surface area contributed by atoms with Crippen LogP contribution in [0.4, 0.5) is 55.1 Å². The lowest BCUT2D eigenvalue weighted by atomic mass is 10.0. The monoisotopic (exact) mass is 1050 g/mol. The second-order valence-electron chi connectivity index (χ2n) is 17.2.